The minimum atomic E-state index is -4.58. The van der Waals surface area contributed by atoms with Crippen LogP contribution in [-0.4, -0.2) is 24.3 Å². The van der Waals surface area contributed by atoms with Crippen LogP contribution in [0.5, 0.6) is 0 Å². The molecule has 1 heterocycles. The fourth-order valence-electron chi connectivity index (χ4n) is 3.25. The van der Waals surface area contributed by atoms with Gasteiger partial charge in [0.25, 0.3) is 5.91 Å². The average molecular weight is 458 g/mol. The number of benzene rings is 1. The fourth-order valence-corrected chi connectivity index (χ4v) is 3.41. The summed E-state index contributed by atoms with van der Waals surface area (Å²) in [5.41, 5.74) is 2.72. The fraction of sp³-hybridized carbons (Fsp3) is 0.350. The minimum Gasteiger partial charge on any atom is -0.455 e. The molecule has 7 nitrogen and oxygen atoms in total. The van der Waals surface area contributed by atoms with Crippen LogP contribution in [0.1, 0.15) is 52.8 Å². The van der Waals surface area contributed by atoms with Gasteiger partial charge in [0.2, 0.25) is 0 Å². The van der Waals surface area contributed by atoms with E-state index in [1.165, 1.54) is 0 Å². The Morgan fingerprint density at radius 1 is 1.29 bits per heavy atom. The van der Waals surface area contributed by atoms with Gasteiger partial charge in [-0.2, -0.15) is 18.3 Å². The zero-order valence-electron chi connectivity index (χ0n) is 16.7. The number of aryl methyl sites for hydroxylation is 1. The molecule has 1 aromatic heterocycles. The number of rotatable bonds is 4. The van der Waals surface area contributed by atoms with Crippen LogP contribution in [0.3, 0.4) is 0 Å². The highest BCUT2D eigenvalue weighted by Crippen LogP contribution is 2.35. The number of halogens is 4. The molecular formula is C20H19ClF3N3O4. The first-order chi connectivity index (χ1) is 14.6. The van der Waals surface area contributed by atoms with Gasteiger partial charge in [-0.3, -0.25) is 4.79 Å². The van der Waals surface area contributed by atoms with E-state index in [1.54, 1.807) is 13.8 Å². The summed E-state index contributed by atoms with van der Waals surface area (Å²) in [6, 6.07) is 2.65. The molecule has 0 radical (unpaired) electrons. The molecule has 0 saturated heterocycles. The van der Waals surface area contributed by atoms with Crippen LogP contribution < -0.4 is 10.7 Å². The molecule has 11 heteroatoms. The van der Waals surface area contributed by atoms with E-state index < -0.39 is 23.7 Å². The van der Waals surface area contributed by atoms with Gasteiger partial charge in [0.05, 0.1) is 28.6 Å². The molecule has 0 fully saturated rings. The standard InChI is InChI=1S/C20H19ClF3N3O4/c1-3-30-19(29)27-26-13-5-4-6-15-16(13)10(2)17(31-15)18(28)25-14-9-11(20(22,23)24)7-8-12(14)21/h7-9H,3-6H2,1-2H3,(H,25,28)(H,27,29)/b26-13+. The number of hydrogen-bond donors (Lipinski definition) is 2. The third-order valence-electron chi connectivity index (χ3n) is 4.63. The largest absolute Gasteiger partial charge is 0.455 e. The van der Waals surface area contributed by atoms with Crippen molar-refractivity contribution in [1.29, 1.82) is 0 Å². The van der Waals surface area contributed by atoms with Crippen LogP contribution >= 0.6 is 11.6 Å². The summed E-state index contributed by atoms with van der Waals surface area (Å²) in [5.74, 6) is -0.302. The van der Waals surface area contributed by atoms with Crippen molar-refractivity contribution in [3.8, 4) is 0 Å². The summed E-state index contributed by atoms with van der Waals surface area (Å²) in [6.45, 7) is 3.48. The number of furan rings is 1. The van der Waals surface area contributed by atoms with Crippen molar-refractivity contribution in [1.82, 2.24) is 5.43 Å². The van der Waals surface area contributed by atoms with Gasteiger partial charge in [-0.05, 0) is 44.9 Å². The summed E-state index contributed by atoms with van der Waals surface area (Å²) in [4.78, 5) is 24.3. The van der Waals surface area contributed by atoms with Gasteiger partial charge in [-0.1, -0.05) is 11.6 Å². The zero-order valence-corrected chi connectivity index (χ0v) is 17.4. The Labute approximate surface area is 180 Å². The Kier molecular flexibility index (Phi) is 6.59. The molecule has 1 aromatic carbocycles. The highest BCUT2D eigenvalue weighted by molar-refractivity contribution is 6.34. The second kappa shape index (κ2) is 9.01. The maximum atomic E-state index is 13.0. The van der Waals surface area contributed by atoms with E-state index in [2.05, 4.69) is 15.8 Å². The van der Waals surface area contributed by atoms with Crippen molar-refractivity contribution in [2.75, 3.05) is 11.9 Å². The second-order valence-electron chi connectivity index (χ2n) is 6.75. The number of carbonyl (C=O) groups is 2. The smallest absolute Gasteiger partial charge is 0.427 e. The molecule has 0 bridgehead atoms. The van der Waals surface area contributed by atoms with Gasteiger partial charge in [0, 0.05) is 17.5 Å². The molecule has 0 spiro atoms. The molecule has 0 saturated carbocycles. The Bertz CT molecular complexity index is 1050. The Balaban J connectivity index is 1.88. The van der Waals surface area contributed by atoms with Gasteiger partial charge in [-0.15, -0.1) is 0 Å². The Morgan fingerprint density at radius 3 is 2.71 bits per heavy atom. The van der Waals surface area contributed by atoms with Crippen LogP contribution in [0, 0.1) is 6.92 Å². The van der Waals surface area contributed by atoms with E-state index in [9.17, 15) is 22.8 Å². The quantitative estimate of drug-likeness (QED) is 0.609. The third kappa shape index (κ3) is 5.01. The molecule has 0 unspecified atom stereocenters. The topological polar surface area (TPSA) is 92.9 Å². The molecule has 2 aromatic rings. The summed E-state index contributed by atoms with van der Waals surface area (Å²) >= 11 is 5.95. The molecule has 1 aliphatic rings. The lowest BCUT2D eigenvalue weighted by Gasteiger charge is -2.13. The number of anilines is 1. The maximum Gasteiger partial charge on any atom is 0.427 e. The normalized spacial score (nSPS) is 14.8. The number of fused-ring (bicyclic) bond motifs is 1. The zero-order chi connectivity index (χ0) is 22.8. The molecule has 0 atom stereocenters. The Morgan fingerprint density at radius 2 is 2.03 bits per heavy atom. The maximum absolute atomic E-state index is 13.0. The number of nitrogens with one attached hydrogen (secondary N) is 2. The molecule has 0 aliphatic heterocycles. The lowest BCUT2D eigenvalue weighted by atomic mass is 9.93. The predicted molar refractivity (Wildman–Crippen MR) is 107 cm³/mol. The van der Waals surface area contributed by atoms with E-state index >= 15 is 0 Å². The van der Waals surface area contributed by atoms with E-state index in [4.69, 9.17) is 20.8 Å². The van der Waals surface area contributed by atoms with Crippen molar-refractivity contribution in [3.05, 3.63) is 51.4 Å². The highest BCUT2D eigenvalue weighted by Gasteiger charge is 2.32. The highest BCUT2D eigenvalue weighted by atomic mass is 35.5. The summed E-state index contributed by atoms with van der Waals surface area (Å²) in [7, 11) is 0. The first kappa shape index (κ1) is 22.7. The average Bonchev–Trinajstić information content (AvgIpc) is 3.05. The van der Waals surface area contributed by atoms with E-state index in [0.717, 1.165) is 18.2 Å². The van der Waals surface area contributed by atoms with Crippen LogP contribution in [0.25, 0.3) is 0 Å². The molecule has 31 heavy (non-hydrogen) atoms. The van der Waals surface area contributed by atoms with Crippen LogP contribution in [0.15, 0.2) is 27.7 Å². The predicted octanol–water partition coefficient (Wildman–Crippen LogP) is 5.30. The second-order valence-corrected chi connectivity index (χ2v) is 7.15. The number of ether oxygens (including phenoxy) is 1. The van der Waals surface area contributed by atoms with Crippen molar-refractivity contribution in [2.24, 2.45) is 5.10 Å². The van der Waals surface area contributed by atoms with Gasteiger partial charge < -0.3 is 14.5 Å². The van der Waals surface area contributed by atoms with Crippen LogP contribution in [0.4, 0.5) is 23.7 Å². The van der Waals surface area contributed by atoms with Crippen molar-refractivity contribution < 1.29 is 31.9 Å². The molecule has 2 N–H and O–H groups in total. The SMILES string of the molecule is CCOC(=O)N/N=C1\CCCc2oc(C(=O)Nc3cc(C(F)(F)F)ccc3Cl)c(C)c21. The molecule has 3 rings (SSSR count). The van der Waals surface area contributed by atoms with Crippen molar-refractivity contribution in [2.45, 2.75) is 39.3 Å². The lowest BCUT2D eigenvalue weighted by Crippen LogP contribution is -2.22. The number of nitrogens with zero attached hydrogens (tertiary/aromatic N) is 1. The summed E-state index contributed by atoms with van der Waals surface area (Å²) in [6.07, 6.45) is -3.52. The number of hydrazone groups is 1. The van der Waals surface area contributed by atoms with Crippen molar-refractivity contribution >= 4 is 35.0 Å². The number of hydrogen-bond acceptors (Lipinski definition) is 5. The monoisotopic (exact) mass is 457 g/mol. The lowest BCUT2D eigenvalue weighted by molar-refractivity contribution is -0.137. The van der Waals surface area contributed by atoms with Crippen molar-refractivity contribution in [3.63, 3.8) is 0 Å². The Hall–Kier alpha value is -3.01. The molecule has 166 valence electrons. The summed E-state index contributed by atoms with van der Waals surface area (Å²) < 4.78 is 49.4. The van der Waals surface area contributed by atoms with Gasteiger partial charge in [0.15, 0.2) is 5.76 Å². The first-order valence-corrected chi connectivity index (χ1v) is 9.79. The van der Waals surface area contributed by atoms with Crippen LogP contribution in [0.2, 0.25) is 5.02 Å². The van der Waals surface area contributed by atoms with E-state index in [0.29, 0.717) is 41.9 Å². The van der Waals surface area contributed by atoms with Gasteiger partial charge in [0.1, 0.15) is 5.76 Å². The van der Waals surface area contributed by atoms with E-state index in [-0.39, 0.29) is 23.1 Å². The number of carbonyl (C=O) groups excluding carboxylic acids is 2. The number of amides is 2. The number of alkyl halides is 3. The first-order valence-electron chi connectivity index (χ1n) is 9.41. The third-order valence-corrected chi connectivity index (χ3v) is 4.96. The van der Waals surface area contributed by atoms with Gasteiger partial charge in [-0.25, -0.2) is 10.2 Å². The van der Waals surface area contributed by atoms with Gasteiger partial charge >= 0.3 is 12.3 Å². The summed E-state index contributed by atoms with van der Waals surface area (Å²) in [5, 5.41) is 6.40. The van der Waals surface area contributed by atoms with E-state index in [1.807, 2.05) is 0 Å². The molecule has 1 aliphatic carbocycles. The minimum absolute atomic E-state index is 0.0452. The molecular weight excluding hydrogens is 439 g/mol. The molecule has 2 amide bonds. The van der Waals surface area contributed by atoms with Crippen LogP contribution in [-0.2, 0) is 17.3 Å².